The van der Waals surface area contributed by atoms with Crippen LogP contribution in [0.1, 0.15) is 26.7 Å². The maximum absolute atomic E-state index is 12.5. The Balaban J connectivity index is 3.64. The highest BCUT2D eigenvalue weighted by Crippen LogP contribution is 2.26. The van der Waals surface area contributed by atoms with Gasteiger partial charge in [0.15, 0.2) is 0 Å². The van der Waals surface area contributed by atoms with Gasteiger partial charge in [0.2, 0.25) is 5.92 Å². The number of rotatable bonds is 4. The fourth-order valence-corrected chi connectivity index (χ4v) is 0.719. The average molecular weight is 152 g/mol. The van der Waals surface area contributed by atoms with E-state index < -0.39 is 5.92 Å². The number of hydrogen-bond acceptors (Lipinski definition) is 1. The summed E-state index contributed by atoms with van der Waals surface area (Å²) in [5, 5.41) is 8.46. The molecule has 0 fully saturated rings. The van der Waals surface area contributed by atoms with Crippen molar-refractivity contribution in [1.82, 2.24) is 0 Å². The zero-order valence-corrected chi connectivity index (χ0v) is 6.40. The normalized spacial score (nSPS) is 15.3. The van der Waals surface area contributed by atoms with Crippen molar-refractivity contribution >= 4 is 0 Å². The maximum Gasteiger partial charge on any atom is 0.248 e. The van der Waals surface area contributed by atoms with Gasteiger partial charge in [-0.25, -0.2) is 8.78 Å². The van der Waals surface area contributed by atoms with E-state index in [1.807, 2.05) is 0 Å². The first-order chi connectivity index (χ1) is 4.52. The molecule has 0 heterocycles. The fourth-order valence-electron chi connectivity index (χ4n) is 0.719. The number of alkyl halides is 2. The van der Waals surface area contributed by atoms with Crippen LogP contribution in [0, 0.1) is 5.92 Å². The monoisotopic (exact) mass is 152 g/mol. The SMILES string of the molecule is CCC(F)(F)C[C@@H](C)CO. The smallest absolute Gasteiger partial charge is 0.248 e. The van der Waals surface area contributed by atoms with Crippen molar-refractivity contribution in [3.05, 3.63) is 0 Å². The topological polar surface area (TPSA) is 20.2 Å². The Morgan fingerprint density at radius 3 is 2.30 bits per heavy atom. The van der Waals surface area contributed by atoms with Gasteiger partial charge in [0, 0.05) is 19.4 Å². The third kappa shape index (κ3) is 3.77. The van der Waals surface area contributed by atoms with Crippen LogP contribution >= 0.6 is 0 Å². The van der Waals surface area contributed by atoms with Crippen LogP contribution in [0.4, 0.5) is 8.78 Å². The highest BCUT2D eigenvalue weighted by molar-refractivity contribution is 4.66. The molecule has 0 aromatic rings. The van der Waals surface area contributed by atoms with E-state index in [0.29, 0.717) is 0 Å². The molecule has 0 unspecified atom stereocenters. The molecule has 0 aliphatic heterocycles. The second kappa shape index (κ2) is 3.86. The number of hydrogen-bond donors (Lipinski definition) is 1. The largest absolute Gasteiger partial charge is 0.396 e. The minimum Gasteiger partial charge on any atom is -0.396 e. The van der Waals surface area contributed by atoms with E-state index in [-0.39, 0.29) is 25.4 Å². The summed E-state index contributed by atoms with van der Waals surface area (Å²) in [6.45, 7) is 2.91. The molecule has 0 spiro atoms. The van der Waals surface area contributed by atoms with Crippen molar-refractivity contribution in [2.24, 2.45) is 5.92 Å². The lowest BCUT2D eigenvalue weighted by atomic mass is 10.0. The maximum atomic E-state index is 12.5. The van der Waals surface area contributed by atoms with Gasteiger partial charge in [-0.15, -0.1) is 0 Å². The number of aliphatic hydroxyl groups excluding tert-OH is 1. The molecule has 0 amide bonds. The Morgan fingerprint density at radius 1 is 1.50 bits per heavy atom. The van der Waals surface area contributed by atoms with Crippen LogP contribution in [-0.2, 0) is 0 Å². The molecule has 1 nitrogen and oxygen atoms in total. The van der Waals surface area contributed by atoms with E-state index in [0.717, 1.165) is 0 Å². The first-order valence-electron chi connectivity index (χ1n) is 3.50. The van der Waals surface area contributed by atoms with Crippen LogP contribution in [0.3, 0.4) is 0 Å². The van der Waals surface area contributed by atoms with Crippen molar-refractivity contribution < 1.29 is 13.9 Å². The molecule has 0 aliphatic rings. The molecular weight excluding hydrogens is 138 g/mol. The van der Waals surface area contributed by atoms with Crippen LogP contribution in [0.2, 0.25) is 0 Å². The fraction of sp³-hybridized carbons (Fsp3) is 1.00. The van der Waals surface area contributed by atoms with Gasteiger partial charge in [-0.3, -0.25) is 0 Å². The Labute approximate surface area is 60.1 Å². The lowest BCUT2D eigenvalue weighted by Gasteiger charge is -2.16. The Morgan fingerprint density at radius 2 is 2.00 bits per heavy atom. The van der Waals surface area contributed by atoms with Crippen molar-refractivity contribution in [3.63, 3.8) is 0 Å². The molecule has 0 saturated carbocycles. The minimum atomic E-state index is -2.60. The van der Waals surface area contributed by atoms with Gasteiger partial charge in [0.05, 0.1) is 0 Å². The lowest BCUT2D eigenvalue weighted by Crippen LogP contribution is -2.19. The second-order valence-corrected chi connectivity index (χ2v) is 2.70. The Kier molecular flexibility index (Phi) is 3.79. The van der Waals surface area contributed by atoms with Crippen LogP contribution in [0.15, 0.2) is 0 Å². The third-order valence-corrected chi connectivity index (χ3v) is 1.48. The van der Waals surface area contributed by atoms with Crippen LogP contribution in [0.25, 0.3) is 0 Å². The molecule has 1 N–H and O–H groups in total. The quantitative estimate of drug-likeness (QED) is 0.653. The summed E-state index contributed by atoms with van der Waals surface area (Å²) in [6, 6.07) is 0. The van der Waals surface area contributed by atoms with Gasteiger partial charge in [-0.2, -0.15) is 0 Å². The predicted octanol–water partition coefficient (Wildman–Crippen LogP) is 2.05. The molecule has 0 aromatic heterocycles. The Bertz CT molecular complexity index is 93.6. The summed E-state index contributed by atoms with van der Waals surface area (Å²) in [7, 11) is 0. The highest BCUT2D eigenvalue weighted by Gasteiger charge is 2.27. The van der Waals surface area contributed by atoms with Crippen molar-refractivity contribution in [2.45, 2.75) is 32.6 Å². The average Bonchev–Trinajstić information content (AvgIpc) is 1.87. The zero-order valence-electron chi connectivity index (χ0n) is 6.40. The van der Waals surface area contributed by atoms with E-state index in [1.54, 1.807) is 6.92 Å². The predicted molar refractivity (Wildman–Crippen MR) is 36.1 cm³/mol. The summed E-state index contributed by atoms with van der Waals surface area (Å²) in [6.07, 6.45) is -0.350. The van der Waals surface area contributed by atoms with Crippen molar-refractivity contribution in [2.75, 3.05) is 6.61 Å². The molecule has 0 saturated heterocycles. The first kappa shape index (κ1) is 9.82. The van der Waals surface area contributed by atoms with Gasteiger partial charge in [-0.1, -0.05) is 13.8 Å². The summed E-state index contributed by atoms with van der Waals surface area (Å²) < 4.78 is 25.0. The molecule has 0 aromatic carbocycles. The molecule has 62 valence electrons. The zero-order chi connectivity index (χ0) is 8.20. The van der Waals surface area contributed by atoms with E-state index in [9.17, 15) is 8.78 Å². The molecule has 0 bridgehead atoms. The van der Waals surface area contributed by atoms with E-state index in [4.69, 9.17) is 5.11 Å². The Hall–Kier alpha value is -0.180. The molecule has 0 aliphatic carbocycles. The highest BCUT2D eigenvalue weighted by atomic mass is 19.3. The standard InChI is InChI=1S/C7H14F2O/c1-3-7(8,9)4-6(2)5-10/h6,10H,3-5H2,1-2H3/t6-/m1/s1. The van der Waals surface area contributed by atoms with Crippen molar-refractivity contribution in [1.29, 1.82) is 0 Å². The summed E-state index contributed by atoms with van der Waals surface area (Å²) >= 11 is 0. The van der Waals surface area contributed by atoms with E-state index in [1.165, 1.54) is 6.92 Å². The minimum absolute atomic E-state index is 0.142. The second-order valence-electron chi connectivity index (χ2n) is 2.70. The van der Waals surface area contributed by atoms with Gasteiger partial charge < -0.3 is 5.11 Å². The van der Waals surface area contributed by atoms with E-state index >= 15 is 0 Å². The van der Waals surface area contributed by atoms with Gasteiger partial charge in [0.1, 0.15) is 0 Å². The first-order valence-corrected chi connectivity index (χ1v) is 3.50. The summed E-state index contributed by atoms with van der Waals surface area (Å²) in [5.74, 6) is -2.89. The van der Waals surface area contributed by atoms with Gasteiger partial charge in [0.25, 0.3) is 0 Å². The van der Waals surface area contributed by atoms with Crippen molar-refractivity contribution in [3.8, 4) is 0 Å². The molecular formula is C7H14F2O. The number of halogens is 2. The van der Waals surface area contributed by atoms with E-state index in [2.05, 4.69) is 0 Å². The lowest BCUT2D eigenvalue weighted by molar-refractivity contribution is -0.0306. The molecule has 3 heteroatoms. The number of aliphatic hydroxyl groups is 1. The summed E-state index contributed by atoms with van der Waals surface area (Å²) in [4.78, 5) is 0. The van der Waals surface area contributed by atoms with Crippen LogP contribution in [-0.4, -0.2) is 17.6 Å². The third-order valence-electron chi connectivity index (χ3n) is 1.48. The van der Waals surface area contributed by atoms with Crippen LogP contribution < -0.4 is 0 Å². The summed E-state index contributed by atoms with van der Waals surface area (Å²) in [5.41, 5.74) is 0. The molecule has 10 heavy (non-hydrogen) atoms. The van der Waals surface area contributed by atoms with Gasteiger partial charge >= 0.3 is 0 Å². The molecule has 0 rings (SSSR count). The van der Waals surface area contributed by atoms with Crippen LogP contribution in [0.5, 0.6) is 0 Å². The molecule has 1 atom stereocenters. The molecule has 0 radical (unpaired) electrons. The van der Waals surface area contributed by atoms with Gasteiger partial charge in [-0.05, 0) is 5.92 Å².